The molecule has 7 nitrogen and oxygen atoms in total. The molecule has 0 bridgehead atoms. The number of aliphatic hydroxyl groups is 1. The number of hydrogen-bond acceptors (Lipinski definition) is 6. The minimum atomic E-state index is -0.522. The summed E-state index contributed by atoms with van der Waals surface area (Å²) in [5.41, 5.74) is 2.34. The first-order valence-corrected chi connectivity index (χ1v) is 9.85. The summed E-state index contributed by atoms with van der Waals surface area (Å²) in [6, 6.07) is 12.3. The Morgan fingerprint density at radius 2 is 1.93 bits per heavy atom. The first kappa shape index (κ1) is 21.9. The maximum absolute atomic E-state index is 12.8. The second-order valence-electron chi connectivity index (χ2n) is 6.61. The summed E-state index contributed by atoms with van der Waals surface area (Å²) in [6.45, 7) is 2.34. The highest BCUT2D eigenvalue weighted by molar-refractivity contribution is 7.99. The van der Waals surface area contributed by atoms with Gasteiger partial charge >= 0.3 is 0 Å². The number of benzene rings is 2. The third kappa shape index (κ3) is 5.79. The zero-order chi connectivity index (χ0) is 20.7. The lowest BCUT2D eigenvalue weighted by atomic mass is 10.0. The number of carbonyl (C=O) groups is 1. The van der Waals surface area contributed by atoms with Crippen molar-refractivity contribution in [2.75, 3.05) is 33.0 Å². The van der Waals surface area contributed by atoms with Crippen molar-refractivity contribution in [1.29, 1.82) is 0 Å². The number of rotatable bonds is 9. The lowest BCUT2D eigenvalue weighted by Crippen LogP contribution is -2.34. The molecule has 0 fully saturated rings. The van der Waals surface area contributed by atoms with Gasteiger partial charge in [0.15, 0.2) is 0 Å². The van der Waals surface area contributed by atoms with Crippen LogP contribution in [0.4, 0.5) is 5.69 Å². The second-order valence-corrected chi connectivity index (χ2v) is 7.75. The summed E-state index contributed by atoms with van der Waals surface area (Å²) in [7, 11) is 3.87. The van der Waals surface area contributed by atoms with Crippen molar-refractivity contribution in [2.24, 2.45) is 0 Å². The lowest BCUT2D eigenvalue weighted by molar-refractivity contribution is -0.384. The first-order chi connectivity index (χ1) is 13.3. The number of likely N-dealkylation sites (N-methyl/N-ethyl adjacent to an activating group) is 1. The minimum absolute atomic E-state index is 0.0307. The van der Waals surface area contributed by atoms with Crippen LogP contribution in [0.25, 0.3) is 0 Å². The molecule has 0 aliphatic carbocycles. The number of non-ortho nitro benzene ring substituents is 1. The Morgan fingerprint density at radius 3 is 2.50 bits per heavy atom. The van der Waals surface area contributed by atoms with Gasteiger partial charge in [0.25, 0.3) is 11.6 Å². The number of carbonyl (C=O) groups excluding carboxylic acids is 1. The number of nitrogens with zero attached hydrogens (tertiary/aromatic N) is 2. The third-order valence-electron chi connectivity index (χ3n) is 4.31. The van der Waals surface area contributed by atoms with Gasteiger partial charge in [0, 0.05) is 29.3 Å². The number of aliphatic hydroxyl groups excluding tert-OH is 1. The predicted octanol–water partition coefficient (Wildman–Crippen LogP) is 3.02. The van der Waals surface area contributed by atoms with E-state index < -0.39 is 4.92 Å². The van der Waals surface area contributed by atoms with Gasteiger partial charge in [0.1, 0.15) is 0 Å². The summed E-state index contributed by atoms with van der Waals surface area (Å²) in [5, 5.41) is 23.0. The number of nitro groups is 1. The van der Waals surface area contributed by atoms with Gasteiger partial charge in [-0.05, 0) is 32.6 Å². The summed E-state index contributed by atoms with van der Waals surface area (Å²) >= 11 is 1.29. The minimum Gasteiger partial charge on any atom is -0.396 e. The Labute approximate surface area is 168 Å². The molecule has 0 radical (unpaired) electrons. The van der Waals surface area contributed by atoms with Gasteiger partial charge in [-0.2, -0.15) is 0 Å². The molecule has 0 saturated carbocycles. The molecule has 2 aromatic carbocycles. The van der Waals surface area contributed by atoms with Gasteiger partial charge < -0.3 is 15.3 Å². The van der Waals surface area contributed by atoms with Crippen molar-refractivity contribution in [1.82, 2.24) is 10.2 Å². The van der Waals surface area contributed by atoms with Crippen molar-refractivity contribution < 1.29 is 14.8 Å². The van der Waals surface area contributed by atoms with E-state index in [9.17, 15) is 14.9 Å². The highest BCUT2D eigenvalue weighted by Crippen LogP contribution is 2.27. The highest BCUT2D eigenvalue weighted by Gasteiger charge is 2.20. The van der Waals surface area contributed by atoms with Crippen LogP contribution in [0.15, 0.2) is 47.4 Å². The summed E-state index contributed by atoms with van der Waals surface area (Å²) < 4.78 is 0. The lowest BCUT2D eigenvalue weighted by Gasteiger charge is -2.25. The molecule has 0 spiro atoms. The Balaban J connectivity index is 2.20. The van der Waals surface area contributed by atoms with Crippen molar-refractivity contribution in [3.05, 3.63) is 69.3 Å². The summed E-state index contributed by atoms with van der Waals surface area (Å²) in [5.74, 6) is 0.0324. The van der Waals surface area contributed by atoms with Gasteiger partial charge in [0.2, 0.25) is 0 Å². The number of hydrogen-bond donors (Lipinski definition) is 2. The van der Waals surface area contributed by atoms with Crippen LogP contribution in [0.5, 0.6) is 0 Å². The van der Waals surface area contributed by atoms with Crippen molar-refractivity contribution in [3.63, 3.8) is 0 Å². The van der Waals surface area contributed by atoms with E-state index >= 15 is 0 Å². The average Bonchev–Trinajstić information content (AvgIpc) is 2.67. The normalized spacial score (nSPS) is 12.0. The van der Waals surface area contributed by atoms with Crippen molar-refractivity contribution >= 4 is 23.4 Å². The number of aryl methyl sites for hydroxylation is 1. The number of nitro benzene ring substituents is 1. The Bertz CT molecular complexity index is 825. The fourth-order valence-corrected chi connectivity index (χ4v) is 3.54. The van der Waals surface area contributed by atoms with Crippen LogP contribution >= 0.6 is 11.8 Å². The van der Waals surface area contributed by atoms with E-state index in [1.807, 2.05) is 50.2 Å². The molecule has 0 saturated heterocycles. The van der Waals surface area contributed by atoms with E-state index in [0.717, 1.165) is 11.1 Å². The van der Waals surface area contributed by atoms with Crippen LogP contribution in [0, 0.1) is 17.0 Å². The highest BCUT2D eigenvalue weighted by atomic mass is 32.2. The summed E-state index contributed by atoms with van der Waals surface area (Å²) in [6.07, 6.45) is 0. The van der Waals surface area contributed by atoms with E-state index in [1.54, 1.807) is 6.07 Å². The molecule has 2 N–H and O–H groups in total. The molecule has 2 rings (SSSR count). The number of thioether (sulfide) groups is 1. The average molecular weight is 404 g/mol. The van der Waals surface area contributed by atoms with E-state index in [0.29, 0.717) is 17.2 Å². The van der Waals surface area contributed by atoms with Crippen molar-refractivity contribution in [2.45, 2.75) is 17.9 Å². The zero-order valence-electron chi connectivity index (χ0n) is 16.2. The molecule has 2 aromatic rings. The molecule has 0 unspecified atom stereocenters. The molecule has 150 valence electrons. The molecule has 0 aromatic heterocycles. The van der Waals surface area contributed by atoms with Crippen LogP contribution < -0.4 is 5.32 Å². The van der Waals surface area contributed by atoms with Crippen LogP contribution in [-0.2, 0) is 0 Å². The molecule has 1 amide bonds. The predicted molar refractivity (Wildman–Crippen MR) is 111 cm³/mol. The van der Waals surface area contributed by atoms with Gasteiger partial charge in [-0.3, -0.25) is 14.9 Å². The van der Waals surface area contributed by atoms with Crippen LogP contribution in [0.3, 0.4) is 0 Å². The topological polar surface area (TPSA) is 95.7 Å². The smallest absolute Gasteiger partial charge is 0.270 e. The van der Waals surface area contributed by atoms with Crippen LogP contribution in [0.1, 0.15) is 27.5 Å². The van der Waals surface area contributed by atoms with Gasteiger partial charge in [0.05, 0.1) is 23.1 Å². The van der Waals surface area contributed by atoms with Gasteiger partial charge in [-0.15, -0.1) is 11.8 Å². The fourth-order valence-electron chi connectivity index (χ4n) is 2.76. The number of amides is 1. The van der Waals surface area contributed by atoms with E-state index in [2.05, 4.69) is 5.32 Å². The fraction of sp³-hybridized carbons (Fsp3) is 0.350. The third-order valence-corrected chi connectivity index (χ3v) is 5.36. The Morgan fingerprint density at radius 1 is 1.25 bits per heavy atom. The molecule has 8 heteroatoms. The molecule has 0 aliphatic rings. The quantitative estimate of drug-likeness (QED) is 0.380. The SMILES string of the molecule is Cc1ccc([C@H](CNC(=O)c2cc([N+](=O)[O-])ccc2SCCO)N(C)C)cc1. The Hall–Kier alpha value is -2.42. The molecular weight excluding hydrogens is 378 g/mol. The van der Waals surface area contributed by atoms with E-state index in [1.165, 1.54) is 23.9 Å². The van der Waals surface area contributed by atoms with Gasteiger partial charge in [-0.1, -0.05) is 29.8 Å². The standard InChI is InChI=1S/C20H25N3O4S/c1-14-4-6-15(7-5-14)18(22(2)3)13-21-20(25)17-12-16(23(26)27)8-9-19(17)28-11-10-24/h4-9,12,18,24H,10-11,13H2,1-3H3,(H,21,25)/t18-/m0/s1. The summed E-state index contributed by atoms with van der Waals surface area (Å²) in [4.78, 5) is 26.0. The molecular formula is C20H25N3O4S. The molecule has 1 atom stereocenters. The molecule has 28 heavy (non-hydrogen) atoms. The Kier molecular flexibility index (Phi) is 7.98. The van der Waals surface area contributed by atoms with E-state index in [4.69, 9.17) is 5.11 Å². The zero-order valence-corrected chi connectivity index (χ0v) is 17.0. The van der Waals surface area contributed by atoms with Crippen LogP contribution in [-0.4, -0.2) is 53.8 Å². The maximum Gasteiger partial charge on any atom is 0.270 e. The first-order valence-electron chi connectivity index (χ1n) is 8.86. The second kappa shape index (κ2) is 10.2. The number of nitrogens with one attached hydrogen (secondary N) is 1. The molecule has 0 heterocycles. The largest absolute Gasteiger partial charge is 0.396 e. The molecule has 0 aliphatic heterocycles. The maximum atomic E-state index is 12.8. The van der Waals surface area contributed by atoms with E-state index in [-0.39, 0.29) is 29.8 Å². The van der Waals surface area contributed by atoms with Crippen LogP contribution in [0.2, 0.25) is 0 Å². The van der Waals surface area contributed by atoms with Crippen molar-refractivity contribution in [3.8, 4) is 0 Å². The van der Waals surface area contributed by atoms with Gasteiger partial charge in [-0.25, -0.2) is 0 Å². The monoisotopic (exact) mass is 403 g/mol.